The molecule has 4 rings (SSSR count). The highest BCUT2D eigenvalue weighted by atomic mass is 32.2. The summed E-state index contributed by atoms with van der Waals surface area (Å²) in [4.78, 5) is 30.1. The molecule has 3 aromatic rings. The maximum Gasteiger partial charge on any atom is 0.264 e. The molecule has 1 fully saturated rings. The molecule has 0 spiro atoms. The van der Waals surface area contributed by atoms with E-state index in [9.17, 15) is 18.0 Å². The minimum Gasteiger partial charge on any atom is -0.494 e. The Balaban J connectivity index is 1.64. The van der Waals surface area contributed by atoms with E-state index in [2.05, 4.69) is 5.32 Å². The van der Waals surface area contributed by atoms with Gasteiger partial charge in [-0.25, -0.2) is 8.42 Å². The third kappa shape index (κ3) is 8.79. The van der Waals surface area contributed by atoms with Gasteiger partial charge in [-0.2, -0.15) is 0 Å². The molecular weight excluding hydrogens is 595 g/mol. The van der Waals surface area contributed by atoms with Crippen molar-refractivity contribution >= 4 is 39.3 Å². The van der Waals surface area contributed by atoms with Crippen molar-refractivity contribution in [3.05, 3.63) is 84.4 Å². The summed E-state index contributed by atoms with van der Waals surface area (Å²) in [7, 11) is -4.13. The van der Waals surface area contributed by atoms with Crippen molar-refractivity contribution in [3.63, 3.8) is 0 Å². The molecule has 0 bridgehead atoms. The van der Waals surface area contributed by atoms with E-state index in [1.54, 1.807) is 55.5 Å². The van der Waals surface area contributed by atoms with Crippen LogP contribution in [-0.2, 0) is 26.0 Å². The Morgan fingerprint density at radius 2 is 1.61 bits per heavy atom. The van der Waals surface area contributed by atoms with E-state index in [1.165, 1.54) is 23.1 Å². The van der Waals surface area contributed by atoms with Gasteiger partial charge in [0.1, 0.15) is 18.3 Å². The largest absolute Gasteiger partial charge is 0.494 e. The fourth-order valence-electron chi connectivity index (χ4n) is 5.42. The van der Waals surface area contributed by atoms with Crippen LogP contribution in [-0.4, -0.2) is 63.2 Å². The summed E-state index contributed by atoms with van der Waals surface area (Å²) < 4.78 is 34.9. The summed E-state index contributed by atoms with van der Waals surface area (Å²) in [6, 6.07) is 22.3. The predicted octanol–water partition coefficient (Wildman–Crippen LogP) is 5.91. The molecule has 1 saturated carbocycles. The van der Waals surface area contributed by atoms with Crippen LogP contribution in [0.4, 0.5) is 5.69 Å². The summed E-state index contributed by atoms with van der Waals surface area (Å²) >= 11 is 1.51. The number of benzene rings is 3. The Hall–Kier alpha value is -3.50. The summed E-state index contributed by atoms with van der Waals surface area (Å²) in [5.41, 5.74) is 1.35. The van der Waals surface area contributed by atoms with Crippen LogP contribution in [0.1, 0.15) is 51.5 Å². The highest BCUT2D eigenvalue weighted by Crippen LogP contribution is 2.28. The summed E-state index contributed by atoms with van der Waals surface area (Å²) in [6.45, 7) is 3.87. The zero-order chi connectivity index (χ0) is 31.5. The fraction of sp³-hybridized carbons (Fsp3) is 0.412. The van der Waals surface area contributed by atoms with Crippen LogP contribution < -0.4 is 14.4 Å². The average molecular weight is 638 g/mol. The lowest BCUT2D eigenvalue weighted by Gasteiger charge is -2.33. The van der Waals surface area contributed by atoms with Crippen LogP contribution in [0.15, 0.2) is 88.7 Å². The number of sulfonamides is 1. The number of hydrogen-bond acceptors (Lipinski definition) is 6. The Labute approximate surface area is 266 Å². The highest BCUT2D eigenvalue weighted by molar-refractivity contribution is 7.98. The van der Waals surface area contributed by atoms with Gasteiger partial charge in [-0.05, 0) is 93.5 Å². The molecule has 1 N–H and O–H groups in total. The Morgan fingerprint density at radius 3 is 2.23 bits per heavy atom. The SMILES string of the molecule is CCOc1ccc(N(CC(=O)N(CCc2ccccc2)[C@@H](C)C(=O)NC2CCCCC2)S(=O)(=O)c2ccc(SC)cc2)cc1. The number of rotatable bonds is 14. The van der Waals surface area contributed by atoms with Crippen LogP contribution in [0.25, 0.3) is 0 Å². The zero-order valence-electron chi connectivity index (χ0n) is 25.8. The molecule has 10 heteroatoms. The quantitative estimate of drug-likeness (QED) is 0.221. The first kappa shape index (κ1) is 33.4. The van der Waals surface area contributed by atoms with E-state index in [1.807, 2.05) is 43.5 Å². The number of ether oxygens (including phenoxy) is 1. The number of hydrogen-bond donors (Lipinski definition) is 1. The number of amides is 2. The van der Waals surface area contributed by atoms with Gasteiger partial charge < -0.3 is 15.0 Å². The molecule has 0 unspecified atom stereocenters. The van der Waals surface area contributed by atoms with Gasteiger partial charge in [-0.1, -0.05) is 49.6 Å². The molecule has 1 atom stereocenters. The molecular formula is C34H43N3O5S2. The van der Waals surface area contributed by atoms with Crippen molar-refractivity contribution in [1.82, 2.24) is 10.2 Å². The lowest BCUT2D eigenvalue weighted by molar-refractivity contribution is -0.139. The first-order chi connectivity index (χ1) is 21.2. The molecule has 1 aliphatic carbocycles. The lowest BCUT2D eigenvalue weighted by atomic mass is 9.95. The van der Waals surface area contributed by atoms with E-state index in [0.29, 0.717) is 24.5 Å². The third-order valence-corrected chi connectivity index (χ3v) is 10.5. The average Bonchev–Trinajstić information content (AvgIpc) is 3.05. The van der Waals surface area contributed by atoms with E-state index < -0.39 is 28.5 Å². The number of thioether (sulfide) groups is 1. The van der Waals surface area contributed by atoms with Gasteiger partial charge in [0.2, 0.25) is 11.8 Å². The number of anilines is 1. The van der Waals surface area contributed by atoms with E-state index >= 15 is 0 Å². The monoisotopic (exact) mass is 637 g/mol. The lowest BCUT2D eigenvalue weighted by Crippen LogP contribution is -2.53. The molecule has 1 aliphatic rings. The van der Waals surface area contributed by atoms with Gasteiger partial charge in [-0.15, -0.1) is 11.8 Å². The van der Waals surface area contributed by atoms with Crippen LogP contribution >= 0.6 is 11.8 Å². The topological polar surface area (TPSA) is 96.0 Å². The van der Waals surface area contributed by atoms with Gasteiger partial charge in [0.05, 0.1) is 17.2 Å². The number of carbonyl (C=O) groups is 2. The van der Waals surface area contributed by atoms with Crippen molar-refractivity contribution in [2.24, 2.45) is 0 Å². The normalized spacial score (nSPS) is 14.4. The van der Waals surface area contributed by atoms with Gasteiger partial charge in [0.15, 0.2) is 0 Å². The highest BCUT2D eigenvalue weighted by Gasteiger charge is 2.33. The first-order valence-corrected chi connectivity index (χ1v) is 17.9. The second-order valence-electron chi connectivity index (χ2n) is 11.0. The van der Waals surface area contributed by atoms with Crippen molar-refractivity contribution in [2.45, 2.75) is 74.2 Å². The van der Waals surface area contributed by atoms with E-state index in [0.717, 1.165) is 40.4 Å². The minimum atomic E-state index is -4.13. The van der Waals surface area contributed by atoms with Gasteiger partial charge in [0, 0.05) is 17.5 Å². The van der Waals surface area contributed by atoms with Gasteiger partial charge in [-0.3, -0.25) is 13.9 Å². The van der Waals surface area contributed by atoms with Crippen LogP contribution in [0, 0.1) is 0 Å². The number of carbonyl (C=O) groups excluding carboxylic acids is 2. The number of nitrogens with zero attached hydrogens (tertiary/aromatic N) is 2. The molecule has 0 aliphatic heterocycles. The van der Waals surface area contributed by atoms with Crippen LogP contribution in [0.3, 0.4) is 0 Å². The second kappa shape index (κ2) is 16.0. The van der Waals surface area contributed by atoms with E-state index in [-0.39, 0.29) is 23.4 Å². The third-order valence-electron chi connectivity index (χ3n) is 7.97. The Morgan fingerprint density at radius 1 is 0.955 bits per heavy atom. The molecule has 0 saturated heterocycles. The molecule has 2 amide bonds. The Bertz CT molecular complexity index is 1460. The molecule has 236 valence electrons. The van der Waals surface area contributed by atoms with Gasteiger partial charge in [0.25, 0.3) is 10.0 Å². The van der Waals surface area contributed by atoms with Gasteiger partial charge >= 0.3 is 0 Å². The molecule has 3 aromatic carbocycles. The maximum atomic E-state index is 14.1. The standard InChI is InChI=1S/C34H43N3O5S2/c1-4-42-30-17-15-29(16-18-30)37(44(40,41)32-21-19-31(43-3)20-22-32)25-33(38)36(24-23-27-11-7-5-8-12-27)26(2)34(39)35-28-13-9-6-10-14-28/h5,7-8,11-12,15-22,26,28H,4,6,9-10,13-14,23-25H2,1-3H3,(H,35,39)/t26-/m0/s1. The van der Waals surface area contributed by atoms with Crippen molar-refractivity contribution in [2.75, 3.05) is 30.3 Å². The molecule has 0 aromatic heterocycles. The van der Waals surface area contributed by atoms with Crippen molar-refractivity contribution < 1.29 is 22.7 Å². The Kier molecular flexibility index (Phi) is 12.1. The van der Waals surface area contributed by atoms with Crippen LogP contribution in [0.2, 0.25) is 0 Å². The first-order valence-electron chi connectivity index (χ1n) is 15.3. The zero-order valence-corrected chi connectivity index (χ0v) is 27.4. The minimum absolute atomic E-state index is 0.0795. The van der Waals surface area contributed by atoms with Crippen molar-refractivity contribution in [1.29, 1.82) is 0 Å². The maximum absolute atomic E-state index is 14.1. The predicted molar refractivity (Wildman–Crippen MR) is 177 cm³/mol. The smallest absolute Gasteiger partial charge is 0.264 e. The number of nitrogens with one attached hydrogen (secondary N) is 1. The van der Waals surface area contributed by atoms with E-state index in [4.69, 9.17) is 4.74 Å². The van der Waals surface area contributed by atoms with Crippen molar-refractivity contribution in [3.8, 4) is 5.75 Å². The molecule has 0 heterocycles. The van der Waals surface area contributed by atoms with Crippen LogP contribution in [0.5, 0.6) is 5.75 Å². The second-order valence-corrected chi connectivity index (χ2v) is 13.7. The summed E-state index contributed by atoms with van der Waals surface area (Å²) in [5.74, 6) is -0.0754. The molecule has 0 radical (unpaired) electrons. The molecule has 8 nitrogen and oxygen atoms in total. The summed E-state index contributed by atoms with van der Waals surface area (Å²) in [5, 5.41) is 3.14. The molecule has 44 heavy (non-hydrogen) atoms. The summed E-state index contributed by atoms with van der Waals surface area (Å²) in [6.07, 6.45) is 7.61. The fourth-order valence-corrected chi connectivity index (χ4v) is 7.24.